The molecule has 0 radical (unpaired) electrons. The topological polar surface area (TPSA) is 63.4 Å². The summed E-state index contributed by atoms with van der Waals surface area (Å²) in [5.74, 6) is -0.211. The van der Waals surface area contributed by atoms with E-state index >= 15 is 0 Å². The highest BCUT2D eigenvalue weighted by Gasteiger charge is 2.28. The molecule has 1 fully saturated rings. The highest BCUT2D eigenvalue weighted by molar-refractivity contribution is 7.12. The number of nitrogens with zero attached hydrogens (tertiary/aromatic N) is 1. The summed E-state index contributed by atoms with van der Waals surface area (Å²) in [7, 11) is 0. The van der Waals surface area contributed by atoms with Crippen molar-refractivity contribution in [1.82, 2.24) is 4.90 Å². The molecule has 1 atom stereocenters. The second-order valence-electron chi connectivity index (χ2n) is 4.87. The van der Waals surface area contributed by atoms with Gasteiger partial charge < -0.3 is 5.73 Å². The Kier molecular flexibility index (Phi) is 3.82. The van der Waals surface area contributed by atoms with Crippen molar-refractivity contribution in [3.63, 3.8) is 0 Å². The number of Topliss-reactive ketones (excluding diaryl/α,β-unsaturated/α-hetero) is 1. The third-order valence-corrected chi connectivity index (χ3v) is 4.35. The summed E-state index contributed by atoms with van der Waals surface area (Å²) >= 11 is 1.65. The van der Waals surface area contributed by atoms with Crippen molar-refractivity contribution in [3.05, 3.63) is 21.4 Å². The van der Waals surface area contributed by atoms with Crippen LogP contribution in [0.5, 0.6) is 0 Å². The number of primary amides is 1. The van der Waals surface area contributed by atoms with E-state index in [-0.39, 0.29) is 17.6 Å². The van der Waals surface area contributed by atoms with Gasteiger partial charge in [0.1, 0.15) is 0 Å². The molecule has 2 heterocycles. The zero-order valence-electron chi connectivity index (χ0n) is 10.7. The van der Waals surface area contributed by atoms with E-state index in [1.54, 1.807) is 11.3 Å². The van der Waals surface area contributed by atoms with E-state index in [2.05, 4.69) is 0 Å². The second kappa shape index (κ2) is 5.20. The van der Waals surface area contributed by atoms with Crippen molar-refractivity contribution in [2.24, 2.45) is 11.7 Å². The van der Waals surface area contributed by atoms with Crippen LogP contribution >= 0.6 is 11.3 Å². The van der Waals surface area contributed by atoms with Crippen molar-refractivity contribution in [1.29, 1.82) is 0 Å². The molecule has 98 valence electrons. The molecule has 1 aliphatic rings. The highest BCUT2D eigenvalue weighted by Crippen LogP contribution is 2.22. The molecule has 0 spiro atoms. The van der Waals surface area contributed by atoms with Crippen LogP contribution in [0.15, 0.2) is 6.07 Å². The lowest BCUT2D eigenvalue weighted by Crippen LogP contribution is -2.31. The van der Waals surface area contributed by atoms with Gasteiger partial charge in [0.2, 0.25) is 5.91 Å². The van der Waals surface area contributed by atoms with Gasteiger partial charge in [0.15, 0.2) is 5.78 Å². The van der Waals surface area contributed by atoms with Gasteiger partial charge in [0, 0.05) is 21.9 Å². The van der Waals surface area contributed by atoms with E-state index in [4.69, 9.17) is 5.73 Å². The number of carbonyl (C=O) groups is 2. The molecule has 0 saturated carbocycles. The van der Waals surface area contributed by atoms with Gasteiger partial charge in [-0.2, -0.15) is 0 Å². The summed E-state index contributed by atoms with van der Waals surface area (Å²) < 4.78 is 0. The average molecular weight is 266 g/mol. The molecule has 2 N–H and O–H groups in total. The summed E-state index contributed by atoms with van der Waals surface area (Å²) in [6, 6.07) is 1.95. The van der Waals surface area contributed by atoms with Crippen LogP contribution in [0.1, 0.15) is 26.5 Å². The molecule has 0 aromatic carbocycles. The number of amides is 1. The summed E-state index contributed by atoms with van der Waals surface area (Å²) in [6.45, 7) is 5.76. The number of hydrogen-bond donors (Lipinski definition) is 1. The molecular weight excluding hydrogens is 248 g/mol. The first-order valence-electron chi connectivity index (χ1n) is 6.09. The third kappa shape index (κ3) is 2.79. The van der Waals surface area contributed by atoms with E-state index in [1.165, 1.54) is 0 Å². The SMILES string of the molecule is Cc1cc(C(=O)CN2CCC(C(N)=O)C2)c(C)s1. The number of aryl methyl sites for hydroxylation is 2. The van der Waals surface area contributed by atoms with Crippen LogP contribution in [0.3, 0.4) is 0 Å². The quantitative estimate of drug-likeness (QED) is 0.837. The number of ketones is 1. The molecular formula is C13H18N2O2S. The number of carbonyl (C=O) groups excluding carboxylic acids is 2. The summed E-state index contributed by atoms with van der Waals surface area (Å²) in [5.41, 5.74) is 6.10. The summed E-state index contributed by atoms with van der Waals surface area (Å²) in [5, 5.41) is 0. The van der Waals surface area contributed by atoms with Gasteiger partial charge >= 0.3 is 0 Å². The largest absolute Gasteiger partial charge is 0.369 e. The first-order valence-corrected chi connectivity index (χ1v) is 6.91. The van der Waals surface area contributed by atoms with Crippen molar-refractivity contribution < 1.29 is 9.59 Å². The van der Waals surface area contributed by atoms with Gasteiger partial charge in [-0.15, -0.1) is 11.3 Å². The predicted octanol–water partition coefficient (Wildman–Crippen LogP) is 1.35. The van der Waals surface area contributed by atoms with E-state index < -0.39 is 0 Å². The van der Waals surface area contributed by atoms with E-state index in [0.717, 1.165) is 28.3 Å². The lowest BCUT2D eigenvalue weighted by Gasteiger charge is -2.13. The van der Waals surface area contributed by atoms with Gasteiger partial charge in [-0.25, -0.2) is 0 Å². The zero-order valence-corrected chi connectivity index (χ0v) is 11.5. The van der Waals surface area contributed by atoms with Crippen molar-refractivity contribution in [2.45, 2.75) is 20.3 Å². The van der Waals surface area contributed by atoms with Gasteiger partial charge in [-0.3, -0.25) is 14.5 Å². The Hall–Kier alpha value is -1.20. The Bertz CT molecular complexity index is 481. The summed E-state index contributed by atoms with van der Waals surface area (Å²) in [4.78, 5) is 27.5. The van der Waals surface area contributed by atoms with E-state index in [1.807, 2.05) is 24.8 Å². The molecule has 1 aromatic heterocycles. The second-order valence-corrected chi connectivity index (χ2v) is 6.33. The Morgan fingerprint density at radius 2 is 2.22 bits per heavy atom. The van der Waals surface area contributed by atoms with Crippen molar-refractivity contribution in [2.75, 3.05) is 19.6 Å². The van der Waals surface area contributed by atoms with Crippen molar-refractivity contribution in [3.8, 4) is 0 Å². The summed E-state index contributed by atoms with van der Waals surface area (Å²) in [6.07, 6.45) is 0.768. The molecule has 1 amide bonds. The van der Waals surface area contributed by atoms with Crippen LogP contribution in [0.2, 0.25) is 0 Å². The standard InChI is InChI=1S/C13H18N2O2S/c1-8-5-11(9(2)18-8)12(16)7-15-4-3-10(6-15)13(14)17/h5,10H,3-4,6-7H2,1-2H3,(H2,14,17). The smallest absolute Gasteiger partial charge is 0.221 e. The number of thiophene rings is 1. The minimum Gasteiger partial charge on any atom is -0.369 e. The van der Waals surface area contributed by atoms with E-state index in [9.17, 15) is 9.59 Å². The Morgan fingerprint density at radius 3 is 2.72 bits per heavy atom. The molecule has 5 heteroatoms. The fourth-order valence-electron chi connectivity index (χ4n) is 2.40. The number of likely N-dealkylation sites (tertiary alicyclic amines) is 1. The maximum atomic E-state index is 12.2. The monoisotopic (exact) mass is 266 g/mol. The first kappa shape index (κ1) is 13.2. The Morgan fingerprint density at radius 1 is 1.50 bits per heavy atom. The predicted molar refractivity (Wildman–Crippen MR) is 71.9 cm³/mol. The maximum Gasteiger partial charge on any atom is 0.221 e. The lowest BCUT2D eigenvalue weighted by atomic mass is 10.1. The highest BCUT2D eigenvalue weighted by atomic mass is 32.1. The number of nitrogens with two attached hydrogens (primary N) is 1. The van der Waals surface area contributed by atoms with Crippen LogP contribution in [0.25, 0.3) is 0 Å². The van der Waals surface area contributed by atoms with Crippen LogP contribution in [-0.4, -0.2) is 36.2 Å². The van der Waals surface area contributed by atoms with Gasteiger partial charge in [-0.05, 0) is 32.9 Å². The minimum atomic E-state index is -0.257. The van der Waals surface area contributed by atoms with E-state index in [0.29, 0.717) is 13.1 Å². The van der Waals surface area contributed by atoms with Crippen LogP contribution < -0.4 is 5.73 Å². The van der Waals surface area contributed by atoms with Crippen LogP contribution in [0.4, 0.5) is 0 Å². The molecule has 1 unspecified atom stereocenters. The van der Waals surface area contributed by atoms with Gasteiger partial charge in [0.05, 0.1) is 12.5 Å². The molecule has 0 aliphatic carbocycles. The molecule has 1 saturated heterocycles. The minimum absolute atomic E-state index is 0.0943. The maximum absolute atomic E-state index is 12.2. The molecule has 4 nitrogen and oxygen atoms in total. The normalized spacial score (nSPS) is 20.2. The third-order valence-electron chi connectivity index (χ3n) is 3.38. The average Bonchev–Trinajstić information content (AvgIpc) is 2.85. The molecule has 2 rings (SSSR count). The van der Waals surface area contributed by atoms with Gasteiger partial charge in [0.25, 0.3) is 0 Å². The van der Waals surface area contributed by atoms with Crippen molar-refractivity contribution >= 4 is 23.0 Å². The Balaban J connectivity index is 1.97. The lowest BCUT2D eigenvalue weighted by molar-refractivity contribution is -0.121. The van der Waals surface area contributed by atoms with Crippen LogP contribution in [0, 0.1) is 19.8 Å². The molecule has 1 aromatic rings. The van der Waals surface area contributed by atoms with Gasteiger partial charge in [-0.1, -0.05) is 0 Å². The first-order chi connectivity index (χ1) is 8.47. The molecule has 18 heavy (non-hydrogen) atoms. The number of hydrogen-bond acceptors (Lipinski definition) is 4. The molecule has 0 bridgehead atoms. The fraction of sp³-hybridized carbons (Fsp3) is 0.538. The Labute approximate surface area is 111 Å². The van der Waals surface area contributed by atoms with Crippen LogP contribution in [-0.2, 0) is 4.79 Å². The molecule has 1 aliphatic heterocycles. The fourth-order valence-corrected chi connectivity index (χ4v) is 3.35. The zero-order chi connectivity index (χ0) is 13.3. The number of rotatable bonds is 4.